The summed E-state index contributed by atoms with van der Waals surface area (Å²) in [5.41, 5.74) is 1.08. The molecule has 0 atom stereocenters. The summed E-state index contributed by atoms with van der Waals surface area (Å²) in [5.74, 6) is 1.15. The van der Waals surface area contributed by atoms with Crippen molar-refractivity contribution in [1.29, 1.82) is 0 Å². The van der Waals surface area contributed by atoms with Crippen molar-refractivity contribution in [2.24, 2.45) is 11.8 Å². The number of rotatable bonds is 5. The second-order valence-electron chi connectivity index (χ2n) is 7.42. The molecule has 6 heteroatoms. The lowest BCUT2D eigenvalue weighted by atomic mass is 9.78. The van der Waals surface area contributed by atoms with Gasteiger partial charge in [0.05, 0.1) is 13.2 Å². The van der Waals surface area contributed by atoms with Gasteiger partial charge < -0.3 is 14.2 Å². The molecule has 26 heavy (non-hydrogen) atoms. The van der Waals surface area contributed by atoms with Crippen LogP contribution in [0.4, 0.5) is 13.2 Å². The molecule has 0 unspecified atom stereocenters. The first-order valence-electron chi connectivity index (χ1n) is 9.53. The molecule has 3 nitrogen and oxygen atoms in total. The van der Waals surface area contributed by atoms with Crippen LogP contribution in [0.15, 0.2) is 24.3 Å². The molecule has 3 rings (SSSR count). The van der Waals surface area contributed by atoms with E-state index >= 15 is 0 Å². The van der Waals surface area contributed by atoms with Crippen LogP contribution in [0.2, 0.25) is 0 Å². The molecule has 1 aromatic rings. The summed E-state index contributed by atoms with van der Waals surface area (Å²) in [7, 11) is 0. The van der Waals surface area contributed by atoms with E-state index in [4.69, 9.17) is 9.47 Å². The van der Waals surface area contributed by atoms with Crippen LogP contribution in [0.25, 0.3) is 0 Å². The highest BCUT2D eigenvalue weighted by Crippen LogP contribution is 2.39. The van der Waals surface area contributed by atoms with Crippen molar-refractivity contribution < 1.29 is 27.4 Å². The summed E-state index contributed by atoms with van der Waals surface area (Å²) in [6.45, 7) is 3.76. The summed E-state index contributed by atoms with van der Waals surface area (Å²) in [4.78, 5) is 0. The van der Waals surface area contributed by atoms with Gasteiger partial charge in [-0.2, -0.15) is 0 Å². The van der Waals surface area contributed by atoms with Gasteiger partial charge >= 0.3 is 6.36 Å². The lowest BCUT2D eigenvalue weighted by Crippen LogP contribution is -2.38. The van der Waals surface area contributed by atoms with Crippen molar-refractivity contribution in [2.75, 3.05) is 13.2 Å². The number of ether oxygens (including phenoxy) is 3. The maximum Gasteiger partial charge on any atom is 0.573 e. The fourth-order valence-electron chi connectivity index (χ4n) is 4.07. The molecule has 1 aliphatic heterocycles. The second-order valence-corrected chi connectivity index (χ2v) is 7.42. The van der Waals surface area contributed by atoms with Crippen LogP contribution < -0.4 is 4.74 Å². The quantitative estimate of drug-likeness (QED) is 0.669. The van der Waals surface area contributed by atoms with E-state index in [0.717, 1.165) is 57.3 Å². The molecule has 2 fully saturated rings. The molecular formula is C20H27F3O3. The van der Waals surface area contributed by atoms with Crippen LogP contribution in [0.3, 0.4) is 0 Å². The molecule has 0 aromatic heterocycles. The van der Waals surface area contributed by atoms with Crippen molar-refractivity contribution in [1.82, 2.24) is 0 Å². The highest BCUT2D eigenvalue weighted by atomic mass is 19.4. The molecule has 2 aliphatic rings. The normalized spacial score (nSPS) is 30.2. The molecule has 146 valence electrons. The van der Waals surface area contributed by atoms with Crippen LogP contribution in [0.1, 0.15) is 56.9 Å². The third-order valence-electron chi connectivity index (χ3n) is 5.43. The molecule has 0 bridgehead atoms. The van der Waals surface area contributed by atoms with Crippen LogP contribution in [0.5, 0.6) is 5.75 Å². The van der Waals surface area contributed by atoms with E-state index in [0.29, 0.717) is 17.8 Å². The smallest absolute Gasteiger partial charge is 0.406 e. The largest absolute Gasteiger partial charge is 0.573 e. The van der Waals surface area contributed by atoms with Gasteiger partial charge in [0.1, 0.15) is 5.75 Å². The molecule has 0 amide bonds. The Hall–Kier alpha value is -1.27. The minimum atomic E-state index is -4.64. The summed E-state index contributed by atoms with van der Waals surface area (Å²) in [6.07, 6.45) is 1.62. The standard InChI is InChI=1S/C20H27F3O3/c1-2-3-14-12-24-19(25-13-14)17-6-4-15(5-7-17)16-8-10-18(11-9-16)26-20(21,22)23/h8-11,14-15,17,19H,2-7,12-13H2,1H3. The number of benzene rings is 1. The van der Waals surface area contributed by atoms with Crippen LogP contribution >= 0.6 is 0 Å². The fourth-order valence-corrected chi connectivity index (χ4v) is 4.07. The first-order valence-corrected chi connectivity index (χ1v) is 9.53. The fraction of sp³-hybridized carbons (Fsp3) is 0.700. The Labute approximate surface area is 152 Å². The molecule has 0 N–H and O–H groups in total. The van der Waals surface area contributed by atoms with Crippen molar-refractivity contribution in [3.63, 3.8) is 0 Å². The second kappa shape index (κ2) is 8.61. The topological polar surface area (TPSA) is 27.7 Å². The van der Waals surface area contributed by atoms with Crippen molar-refractivity contribution in [3.8, 4) is 5.75 Å². The van der Waals surface area contributed by atoms with Gasteiger partial charge in [-0.05, 0) is 55.7 Å². The maximum absolute atomic E-state index is 12.2. The Bertz CT molecular complexity index is 542. The van der Waals surface area contributed by atoms with E-state index in [1.54, 1.807) is 12.1 Å². The highest BCUT2D eigenvalue weighted by Gasteiger charge is 2.33. The molecule has 0 spiro atoms. The average molecular weight is 372 g/mol. The lowest BCUT2D eigenvalue weighted by molar-refractivity contribution is -0.274. The van der Waals surface area contributed by atoms with Gasteiger partial charge in [0.25, 0.3) is 0 Å². The highest BCUT2D eigenvalue weighted by molar-refractivity contribution is 5.29. The Balaban J connectivity index is 1.46. The number of alkyl halides is 3. The van der Waals surface area contributed by atoms with E-state index in [2.05, 4.69) is 11.7 Å². The Morgan fingerprint density at radius 1 is 1.00 bits per heavy atom. The number of hydrogen-bond acceptors (Lipinski definition) is 3. The van der Waals surface area contributed by atoms with E-state index in [9.17, 15) is 13.2 Å². The minimum Gasteiger partial charge on any atom is -0.406 e. The molecule has 1 aliphatic carbocycles. The summed E-state index contributed by atoms with van der Waals surface area (Å²) < 4.78 is 52.5. The molecular weight excluding hydrogens is 345 g/mol. The third kappa shape index (κ3) is 5.36. The molecule has 1 saturated carbocycles. The van der Waals surface area contributed by atoms with Crippen molar-refractivity contribution in [2.45, 2.75) is 64.0 Å². The Kier molecular flexibility index (Phi) is 6.46. The zero-order valence-electron chi connectivity index (χ0n) is 15.1. The summed E-state index contributed by atoms with van der Waals surface area (Å²) >= 11 is 0. The zero-order chi connectivity index (χ0) is 18.6. The predicted octanol–water partition coefficient (Wildman–Crippen LogP) is 5.65. The summed E-state index contributed by atoms with van der Waals surface area (Å²) in [5, 5.41) is 0. The Morgan fingerprint density at radius 2 is 1.62 bits per heavy atom. The first kappa shape index (κ1) is 19.5. The van der Waals surface area contributed by atoms with Crippen LogP contribution in [-0.4, -0.2) is 25.9 Å². The first-order chi connectivity index (χ1) is 12.4. The van der Waals surface area contributed by atoms with Gasteiger partial charge in [-0.3, -0.25) is 0 Å². The van der Waals surface area contributed by atoms with Gasteiger partial charge in [0.2, 0.25) is 0 Å². The van der Waals surface area contributed by atoms with Crippen LogP contribution in [0, 0.1) is 11.8 Å². The van der Waals surface area contributed by atoms with Gasteiger partial charge in [0, 0.05) is 11.8 Å². The van der Waals surface area contributed by atoms with E-state index in [1.807, 2.05) is 0 Å². The van der Waals surface area contributed by atoms with E-state index < -0.39 is 6.36 Å². The average Bonchev–Trinajstić information content (AvgIpc) is 2.62. The predicted molar refractivity (Wildman–Crippen MR) is 91.9 cm³/mol. The van der Waals surface area contributed by atoms with Gasteiger partial charge in [-0.1, -0.05) is 25.5 Å². The molecule has 1 aromatic carbocycles. The van der Waals surface area contributed by atoms with Gasteiger partial charge in [-0.25, -0.2) is 0 Å². The van der Waals surface area contributed by atoms with Crippen LogP contribution in [-0.2, 0) is 9.47 Å². The summed E-state index contributed by atoms with van der Waals surface area (Å²) in [6, 6.07) is 6.29. The monoisotopic (exact) mass is 372 g/mol. The number of hydrogen-bond donors (Lipinski definition) is 0. The number of halogens is 3. The zero-order valence-corrected chi connectivity index (χ0v) is 15.1. The maximum atomic E-state index is 12.2. The van der Waals surface area contributed by atoms with E-state index in [1.165, 1.54) is 12.1 Å². The van der Waals surface area contributed by atoms with Crippen molar-refractivity contribution in [3.05, 3.63) is 29.8 Å². The lowest BCUT2D eigenvalue weighted by Gasteiger charge is -2.37. The molecule has 1 heterocycles. The molecule has 1 saturated heterocycles. The third-order valence-corrected chi connectivity index (χ3v) is 5.43. The minimum absolute atomic E-state index is 0.0911. The molecule has 0 radical (unpaired) electrons. The van der Waals surface area contributed by atoms with Gasteiger partial charge in [0.15, 0.2) is 6.29 Å². The van der Waals surface area contributed by atoms with Crippen molar-refractivity contribution >= 4 is 0 Å². The van der Waals surface area contributed by atoms with Gasteiger partial charge in [-0.15, -0.1) is 13.2 Å². The SMILES string of the molecule is CCCC1COC(C2CCC(c3ccc(OC(F)(F)F)cc3)CC2)OC1. The van der Waals surface area contributed by atoms with E-state index in [-0.39, 0.29) is 12.0 Å². The Morgan fingerprint density at radius 3 is 2.15 bits per heavy atom.